The summed E-state index contributed by atoms with van der Waals surface area (Å²) in [7, 11) is 0. The van der Waals surface area contributed by atoms with Crippen LogP contribution >= 0.6 is 0 Å². The summed E-state index contributed by atoms with van der Waals surface area (Å²) in [5.74, 6) is -5.51. The van der Waals surface area contributed by atoms with Crippen LogP contribution in [-0.4, -0.2) is 541 Å². The van der Waals surface area contributed by atoms with Gasteiger partial charge in [0.2, 0.25) is 35.4 Å². The number of hydrogen-bond donors (Lipinski definition) is 32. The van der Waals surface area contributed by atoms with E-state index in [1.54, 1.807) is 0 Å². The van der Waals surface area contributed by atoms with Crippen LogP contribution in [0.3, 0.4) is 0 Å². The third-order valence-corrected chi connectivity index (χ3v) is 23.3. The van der Waals surface area contributed by atoms with Crippen molar-refractivity contribution in [2.24, 2.45) is 0 Å². The second-order valence-corrected chi connectivity index (χ2v) is 32.5. The van der Waals surface area contributed by atoms with Crippen LogP contribution < -0.4 is 31.9 Å². The van der Waals surface area contributed by atoms with E-state index in [0.717, 1.165) is 41.5 Å². The van der Waals surface area contributed by atoms with Crippen LogP contribution in [0, 0.1) is 0 Å². The van der Waals surface area contributed by atoms with Gasteiger partial charge in [0.05, 0.1) is 66.1 Å². The predicted molar refractivity (Wildman–Crippen MR) is 399 cm³/mol. The maximum Gasteiger partial charge on any atom is 0.217 e. The Kier molecular flexibility index (Phi) is 38.4. The Hall–Kier alpha value is -4.98. The lowest BCUT2D eigenvalue weighted by atomic mass is 9.93. The van der Waals surface area contributed by atoms with Gasteiger partial charge in [0.25, 0.3) is 0 Å². The third-order valence-electron chi connectivity index (χ3n) is 23.3. The predicted octanol–water partition coefficient (Wildman–Crippen LogP) is -21.9. The molecule has 50 atom stereocenters. The number of aliphatic hydroxyl groups is 26. The number of hydrogen-bond acceptors (Lipinski definition) is 51. The molecule has 10 aliphatic rings. The lowest BCUT2D eigenvalue weighted by Crippen LogP contribution is -2.71. The van der Waals surface area contributed by atoms with Crippen molar-refractivity contribution in [1.29, 1.82) is 0 Å². The van der Waals surface area contributed by atoms with Crippen LogP contribution in [0.4, 0.5) is 0 Å². The van der Waals surface area contributed by atoms with Crippen molar-refractivity contribution in [3.05, 3.63) is 0 Å². The lowest BCUT2D eigenvalue weighted by molar-refractivity contribution is -0.403. The van der Waals surface area contributed by atoms with Gasteiger partial charge in [0.1, 0.15) is 244 Å². The van der Waals surface area contributed by atoms with Gasteiger partial charge < -0.3 is 255 Å². The van der Waals surface area contributed by atoms with E-state index < -0.39 is 408 Å². The van der Waals surface area contributed by atoms with Gasteiger partial charge in [-0.05, 0) is 0 Å². The zero-order chi connectivity index (χ0) is 95.1. The molecule has 10 saturated heterocycles. The van der Waals surface area contributed by atoms with Crippen molar-refractivity contribution >= 4 is 35.4 Å². The van der Waals surface area contributed by atoms with Crippen molar-refractivity contribution in [2.75, 3.05) is 66.1 Å². The van der Waals surface area contributed by atoms with Crippen LogP contribution in [-0.2, 0) is 119 Å². The number of amides is 6. The Labute approximate surface area is 731 Å². The van der Waals surface area contributed by atoms with Gasteiger partial charge in [0, 0.05) is 41.5 Å². The molecule has 0 bridgehead atoms. The molecule has 10 heterocycles. The van der Waals surface area contributed by atoms with Crippen LogP contribution in [0.2, 0.25) is 0 Å². The molecular weight excluding hydrogens is 1760 g/mol. The van der Waals surface area contributed by atoms with Gasteiger partial charge in [-0.25, -0.2) is 0 Å². The van der Waals surface area contributed by atoms with Crippen molar-refractivity contribution in [1.82, 2.24) is 31.9 Å². The molecule has 0 saturated carbocycles. The number of nitrogens with one attached hydrogen (secondary N) is 6. The van der Waals surface area contributed by atoms with Crippen LogP contribution in [0.25, 0.3) is 0 Å². The SMILES string of the molecule is CC(=O)N[C@@H]1[C@@H](O)[C@H](O[C@@H]2O[C@H](CO)[C@@H](O[C@@H]3O[C@H](CO[C@H]4O[C@H](CO[C@@H]5O[C@H](CO)[C@@H](O)[C@H](O)[C@H]5NC(C)=O)[C@@H](O)[C@H](O)[C@@H]4O[C@@H]4O[C@H](CO)[C@@H](O[C@@H]5O[C@H](CO)[C@H](O)[C@H](O)[C@H]5O)[C@H](O)[C@H]4NC(C)=O)[C@@H](O)[C@H](O[C@H]4O[C@H](CO)[C@@H](O[C@@H]5O[C@H](CO)[C@@H](O)[C@H](O)[C@H]5NC(C)=O)[C@H](O)[C@@H]4O[C@@H]4O[C@H](CO)[C@@H](O)[C@H](O)[C@H]4NC(C)=O)[C@@H]3O)[C@H](O)[C@H]2NC(C)=O)[C@@H](CO)O[C@H]1O. The molecule has 744 valence electrons. The highest BCUT2D eigenvalue weighted by Crippen LogP contribution is 2.41. The zero-order valence-electron chi connectivity index (χ0n) is 69.8. The molecule has 6 amide bonds. The Bertz CT molecular complexity index is 3570. The molecule has 0 aromatic carbocycles. The first kappa shape index (κ1) is 106. The summed E-state index contributed by atoms with van der Waals surface area (Å²) in [6.45, 7) is -5.67. The van der Waals surface area contributed by atoms with Crippen LogP contribution in [0.15, 0.2) is 0 Å². The largest absolute Gasteiger partial charge is 0.394 e. The molecule has 10 rings (SSSR count). The van der Waals surface area contributed by atoms with Gasteiger partial charge in [-0.3, -0.25) is 28.8 Å². The molecule has 0 aliphatic carbocycles. The van der Waals surface area contributed by atoms with Gasteiger partial charge in [-0.2, -0.15) is 0 Å². The minimum Gasteiger partial charge on any atom is -0.394 e. The van der Waals surface area contributed by atoms with Crippen molar-refractivity contribution in [2.45, 2.75) is 348 Å². The maximum absolute atomic E-state index is 13.2. The Morgan fingerprint density at radius 2 is 0.442 bits per heavy atom. The van der Waals surface area contributed by atoms with Gasteiger partial charge in [0.15, 0.2) is 62.9 Å². The number of aliphatic hydroxyl groups excluding tert-OH is 26. The van der Waals surface area contributed by atoms with Crippen LogP contribution in [0.1, 0.15) is 41.5 Å². The minimum atomic E-state index is -2.70. The summed E-state index contributed by atoms with van der Waals surface area (Å²) in [6.07, 6.45) is -94.5. The molecule has 32 N–H and O–H groups in total. The number of carbonyl (C=O) groups is 6. The first-order valence-electron chi connectivity index (χ1n) is 41.1. The quantitative estimate of drug-likeness (QED) is 0.0284. The molecular formula is C72H120N6O51. The second-order valence-electron chi connectivity index (χ2n) is 32.5. The molecule has 10 aliphatic heterocycles. The van der Waals surface area contributed by atoms with Gasteiger partial charge >= 0.3 is 0 Å². The normalized spacial score (nSPS) is 47.5. The summed E-state index contributed by atoms with van der Waals surface area (Å²) in [4.78, 5) is 76.7. The Balaban J connectivity index is 1.06. The number of rotatable bonds is 34. The molecule has 0 aromatic heterocycles. The molecule has 57 nitrogen and oxygen atoms in total. The minimum absolute atomic E-state index is 0.819. The fraction of sp³-hybridized carbons (Fsp3) is 0.917. The smallest absolute Gasteiger partial charge is 0.217 e. The average Bonchev–Trinajstić information content (AvgIpc) is 0.759. The topological polar surface area (TPSA) is 876 Å². The van der Waals surface area contributed by atoms with E-state index in [4.69, 9.17) is 90.0 Å². The number of carbonyl (C=O) groups excluding carboxylic acids is 6. The van der Waals surface area contributed by atoms with Crippen molar-refractivity contribution in [3.8, 4) is 0 Å². The summed E-state index contributed by atoms with van der Waals surface area (Å²) >= 11 is 0. The highest BCUT2D eigenvalue weighted by molar-refractivity contribution is 5.75. The van der Waals surface area contributed by atoms with Crippen molar-refractivity contribution < 1.29 is 252 Å². The van der Waals surface area contributed by atoms with E-state index in [2.05, 4.69) is 31.9 Å². The summed E-state index contributed by atoms with van der Waals surface area (Å²) in [5.41, 5.74) is 0. The first-order valence-corrected chi connectivity index (χ1v) is 41.1. The van der Waals surface area contributed by atoms with E-state index in [9.17, 15) is 162 Å². The fourth-order valence-electron chi connectivity index (χ4n) is 16.6. The van der Waals surface area contributed by atoms with E-state index in [-0.39, 0.29) is 0 Å². The Morgan fingerprint density at radius 3 is 0.829 bits per heavy atom. The standard InChI is InChI=1S/C72H120N6O51/c1-17(87)73-33-48(102)56(27(11-83)113-63(33)110)123-67-37(77-21(5)91)49(103)58(29(13-85)118-67)126-70-55(109)60(127-72-62(129-66-36(76-20(4)90)47(101)41(95)25(9-81)116-66)54(108)59(30(14-86)120-72)124-65-35(75-19(3)89)46(100)40(94)24(8-80)115-65)44(98)32(121-70)16-112-71-61(52(106)43(97)31(122-71)15-111-64-34(74-18(2)88)45(99)39(93)23(7-79)114-64)128-68-38(78-22(6)92)50(104)57(28(12-84)119-68)125-69-53(107)51(105)42(96)26(10-82)117-69/h23-72,79-86,93-110H,7-16H2,1-6H3,(H,73,87)(H,74,88)(H,75,89)(H,76,90)(H,77,91)(H,78,92)/t23-,24-,25-,26-,27-,28-,29-,30-,31-,32-,33-,34-,35-,36-,37-,38-,39-,40-,41-,42+,43-,44-,45-,46-,47-,48-,49-,50-,51+,52+,53-,54+,55+,56-,57-,58-,59-,60+,61+,62+,63-,64-,65+,66+,67+,68+,69+,70+,71+,72-/m1/s1. The second kappa shape index (κ2) is 46.7. The zero-order valence-corrected chi connectivity index (χ0v) is 69.8. The highest BCUT2D eigenvalue weighted by Gasteiger charge is 2.62. The summed E-state index contributed by atoms with van der Waals surface area (Å²) in [5, 5.41) is 308. The molecule has 0 unspecified atom stereocenters. The molecule has 10 fully saturated rings. The first-order chi connectivity index (χ1) is 61.0. The summed E-state index contributed by atoms with van der Waals surface area (Å²) < 4.78 is 115. The van der Waals surface area contributed by atoms with E-state index in [1.165, 1.54) is 0 Å². The van der Waals surface area contributed by atoms with E-state index >= 15 is 0 Å². The average molecular weight is 1890 g/mol. The Morgan fingerprint density at radius 1 is 0.202 bits per heavy atom. The monoisotopic (exact) mass is 1880 g/mol. The van der Waals surface area contributed by atoms with E-state index in [1.807, 2.05) is 0 Å². The highest BCUT2D eigenvalue weighted by atomic mass is 16.8. The van der Waals surface area contributed by atoms with E-state index in [0.29, 0.717) is 0 Å². The number of ether oxygens (including phenoxy) is 19. The molecule has 0 spiro atoms. The molecule has 0 radical (unpaired) electrons. The van der Waals surface area contributed by atoms with Gasteiger partial charge in [-0.1, -0.05) is 0 Å². The van der Waals surface area contributed by atoms with Gasteiger partial charge in [-0.15, -0.1) is 0 Å². The third kappa shape index (κ3) is 24.2. The lowest BCUT2D eigenvalue weighted by Gasteiger charge is -2.52. The fourth-order valence-corrected chi connectivity index (χ4v) is 16.6. The van der Waals surface area contributed by atoms with Crippen molar-refractivity contribution in [3.63, 3.8) is 0 Å². The maximum atomic E-state index is 13.2. The molecule has 57 heteroatoms. The van der Waals surface area contributed by atoms with Crippen LogP contribution in [0.5, 0.6) is 0 Å². The summed E-state index contributed by atoms with van der Waals surface area (Å²) in [6, 6.07) is -11.2. The molecule has 129 heavy (non-hydrogen) atoms. The molecule has 0 aromatic rings.